The van der Waals surface area contributed by atoms with Crippen molar-refractivity contribution < 1.29 is 23.9 Å². The van der Waals surface area contributed by atoms with E-state index in [2.05, 4.69) is 10.7 Å². The van der Waals surface area contributed by atoms with Gasteiger partial charge in [0.05, 0.1) is 12.0 Å². The molecule has 1 aliphatic heterocycles. The van der Waals surface area contributed by atoms with Gasteiger partial charge in [0.1, 0.15) is 0 Å². The molecular formula is C27H22ClN3O5S2. The van der Waals surface area contributed by atoms with Crippen molar-refractivity contribution in [1.29, 1.82) is 0 Å². The number of rotatable bonds is 8. The summed E-state index contributed by atoms with van der Waals surface area (Å²) in [6, 6.07) is 18.7. The van der Waals surface area contributed by atoms with E-state index in [1.54, 1.807) is 54.6 Å². The molecule has 11 heteroatoms. The van der Waals surface area contributed by atoms with Crippen molar-refractivity contribution in [3.63, 3.8) is 0 Å². The van der Waals surface area contributed by atoms with Crippen molar-refractivity contribution >= 4 is 69.4 Å². The highest BCUT2D eigenvalue weighted by atomic mass is 35.5. The summed E-state index contributed by atoms with van der Waals surface area (Å²) in [6.45, 7) is 1.73. The first-order chi connectivity index (χ1) is 18.2. The molecule has 2 N–H and O–H groups in total. The Morgan fingerprint density at radius 3 is 2.55 bits per heavy atom. The number of nitrogens with zero attached hydrogens (tertiary/aromatic N) is 1. The maximum Gasteiger partial charge on any atom is 0.285 e. The summed E-state index contributed by atoms with van der Waals surface area (Å²) >= 11 is 12.2. The monoisotopic (exact) mass is 567 g/mol. The van der Waals surface area contributed by atoms with Crippen LogP contribution in [0, 0.1) is 6.92 Å². The van der Waals surface area contributed by atoms with E-state index in [0.29, 0.717) is 38.2 Å². The Morgan fingerprint density at radius 2 is 1.84 bits per heavy atom. The maximum atomic E-state index is 12.9. The number of benzene rings is 3. The van der Waals surface area contributed by atoms with Crippen LogP contribution in [0.3, 0.4) is 0 Å². The molecule has 1 aliphatic rings. The number of carbonyl (C=O) groups excluding carboxylic acids is 3. The van der Waals surface area contributed by atoms with Crippen molar-refractivity contribution in [2.45, 2.75) is 6.92 Å². The molecule has 1 heterocycles. The van der Waals surface area contributed by atoms with Crippen LogP contribution in [0.25, 0.3) is 6.08 Å². The highest BCUT2D eigenvalue weighted by Gasteiger charge is 2.33. The molecular weight excluding hydrogens is 546 g/mol. The van der Waals surface area contributed by atoms with Crippen LogP contribution in [0.2, 0.25) is 5.02 Å². The van der Waals surface area contributed by atoms with Crippen LogP contribution in [-0.4, -0.2) is 40.8 Å². The van der Waals surface area contributed by atoms with E-state index in [9.17, 15) is 14.4 Å². The number of hydrazine groups is 1. The van der Waals surface area contributed by atoms with Crippen LogP contribution in [0.1, 0.15) is 21.5 Å². The number of methoxy groups -OCH3 is 1. The number of nitrogens with one attached hydrogen (secondary N) is 2. The lowest BCUT2D eigenvalue weighted by Gasteiger charge is -2.15. The second-order valence-electron chi connectivity index (χ2n) is 8.08. The first-order valence-corrected chi connectivity index (χ1v) is 12.9. The minimum atomic E-state index is -0.492. The number of ether oxygens (including phenoxy) is 2. The number of halogens is 1. The molecule has 1 saturated heterocycles. The van der Waals surface area contributed by atoms with Crippen molar-refractivity contribution in [3.05, 3.63) is 93.3 Å². The molecule has 0 aliphatic carbocycles. The molecule has 194 valence electrons. The number of amides is 3. The van der Waals surface area contributed by atoms with Crippen LogP contribution >= 0.6 is 35.6 Å². The topological polar surface area (TPSA) is 97.0 Å². The zero-order chi connectivity index (χ0) is 27.2. The number of thiocarbonyl (C=S) groups is 1. The van der Waals surface area contributed by atoms with Gasteiger partial charge in [0.25, 0.3) is 17.7 Å². The van der Waals surface area contributed by atoms with E-state index in [1.165, 1.54) is 7.11 Å². The molecule has 4 rings (SSSR count). The van der Waals surface area contributed by atoms with Gasteiger partial charge in [-0.2, -0.15) is 5.01 Å². The minimum absolute atomic E-state index is 0.190. The Hall–Kier alpha value is -3.86. The van der Waals surface area contributed by atoms with Gasteiger partial charge >= 0.3 is 0 Å². The number of thioether (sulfide) groups is 1. The Kier molecular flexibility index (Phi) is 8.67. The van der Waals surface area contributed by atoms with Gasteiger partial charge in [-0.3, -0.25) is 19.8 Å². The van der Waals surface area contributed by atoms with Gasteiger partial charge < -0.3 is 14.8 Å². The highest BCUT2D eigenvalue weighted by Crippen LogP contribution is 2.34. The molecule has 3 aromatic rings. The van der Waals surface area contributed by atoms with Crippen molar-refractivity contribution in [1.82, 2.24) is 10.4 Å². The lowest BCUT2D eigenvalue weighted by Crippen LogP contribution is -2.44. The molecule has 1 fully saturated rings. The number of hydrogen-bond acceptors (Lipinski definition) is 7. The summed E-state index contributed by atoms with van der Waals surface area (Å²) in [7, 11) is 1.48. The molecule has 0 unspecified atom stereocenters. The zero-order valence-electron chi connectivity index (χ0n) is 20.3. The summed E-state index contributed by atoms with van der Waals surface area (Å²) in [5.74, 6) is -0.519. The lowest BCUT2D eigenvalue weighted by molar-refractivity contribution is -0.123. The van der Waals surface area contributed by atoms with Crippen LogP contribution < -0.4 is 20.2 Å². The number of carbonyl (C=O) groups is 3. The summed E-state index contributed by atoms with van der Waals surface area (Å²) in [4.78, 5) is 38.1. The van der Waals surface area contributed by atoms with Crippen LogP contribution in [-0.2, 0) is 9.59 Å². The molecule has 3 aromatic carbocycles. The van der Waals surface area contributed by atoms with Crippen LogP contribution in [0.4, 0.5) is 5.69 Å². The molecule has 3 amide bonds. The van der Waals surface area contributed by atoms with Crippen molar-refractivity contribution in [2.24, 2.45) is 0 Å². The van der Waals surface area contributed by atoms with Gasteiger partial charge in [0.2, 0.25) is 0 Å². The zero-order valence-corrected chi connectivity index (χ0v) is 22.7. The summed E-state index contributed by atoms with van der Waals surface area (Å²) < 4.78 is 11.3. The van der Waals surface area contributed by atoms with E-state index in [1.807, 2.05) is 25.1 Å². The summed E-state index contributed by atoms with van der Waals surface area (Å²) in [5, 5.41) is 4.31. The van der Waals surface area contributed by atoms with Crippen molar-refractivity contribution in [3.8, 4) is 11.5 Å². The van der Waals surface area contributed by atoms with Gasteiger partial charge in [-0.15, -0.1) is 0 Å². The Balaban J connectivity index is 1.41. The predicted molar refractivity (Wildman–Crippen MR) is 152 cm³/mol. The molecule has 0 saturated carbocycles. The second-order valence-corrected chi connectivity index (χ2v) is 10.2. The molecule has 8 nitrogen and oxygen atoms in total. The van der Waals surface area contributed by atoms with E-state index >= 15 is 0 Å². The minimum Gasteiger partial charge on any atom is -0.493 e. The third-order valence-corrected chi connectivity index (χ3v) is 6.81. The smallest absolute Gasteiger partial charge is 0.285 e. The maximum absolute atomic E-state index is 12.9. The van der Waals surface area contributed by atoms with Crippen molar-refractivity contribution in [2.75, 3.05) is 19.0 Å². The van der Waals surface area contributed by atoms with Gasteiger partial charge in [0, 0.05) is 16.3 Å². The molecule has 0 aromatic heterocycles. The van der Waals surface area contributed by atoms with Gasteiger partial charge in [0.15, 0.2) is 22.4 Å². The fourth-order valence-electron chi connectivity index (χ4n) is 3.44. The van der Waals surface area contributed by atoms with Crippen LogP contribution in [0.5, 0.6) is 11.5 Å². The Labute approximate surface area is 233 Å². The number of aryl methyl sites for hydroxylation is 1. The number of hydrogen-bond donors (Lipinski definition) is 2. The average Bonchev–Trinajstić information content (AvgIpc) is 3.15. The average molecular weight is 568 g/mol. The van der Waals surface area contributed by atoms with Gasteiger partial charge in [-0.25, -0.2) is 0 Å². The molecule has 0 atom stereocenters. The Bertz CT molecular complexity index is 1440. The van der Waals surface area contributed by atoms with E-state index < -0.39 is 11.8 Å². The van der Waals surface area contributed by atoms with E-state index in [4.69, 9.17) is 33.3 Å². The summed E-state index contributed by atoms with van der Waals surface area (Å²) in [6.07, 6.45) is 1.63. The second kappa shape index (κ2) is 12.1. The van der Waals surface area contributed by atoms with Crippen LogP contribution in [0.15, 0.2) is 71.6 Å². The lowest BCUT2D eigenvalue weighted by atomic mass is 10.2. The third kappa shape index (κ3) is 6.71. The standard InChI is InChI=1S/C27H22ClN3O5S2/c1-16-4-3-5-20(12-16)29-24(32)15-36-21-11-6-17(13-22(21)35-2)14-23-26(34)31(27(37)38-23)30-25(33)18-7-9-19(28)10-8-18/h3-14H,15H2,1-2H3,(H,29,32)(H,30,33)/b23-14+. The highest BCUT2D eigenvalue weighted by molar-refractivity contribution is 8.26. The fourth-order valence-corrected chi connectivity index (χ4v) is 4.74. The normalized spacial score (nSPS) is 14.0. The molecule has 0 radical (unpaired) electrons. The first kappa shape index (κ1) is 27.2. The van der Waals surface area contributed by atoms with Gasteiger partial charge in [-0.05, 0) is 84.9 Å². The molecule has 38 heavy (non-hydrogen) atoms. The Morgan fingerprint density at radius 1 is 1.08 bits per heavy atom. The number of anilines is 1. The SMILES string of the molecule is COc1cc(/C=C2/SC(=S)N(NC(=O)c3ccc(Cl)cc3)C2=O)ccc1OCC(=O)Nc1cccc(C)c1. The fraction of sp³-hybridized carbons (Fsp3) is 0.111. The largest absolute Gasteiger partial charge is 0.493 e. The quantitative estimate of drug-likeness (QED) is 0.284. The van der Waals surface area contributed by atoms with E-state index in [0.717, 1.165) is 22.3 Å². The first-order valence-electron chi connectivity index (χ1n) is 11.3. The van der Waals surface area contributed by atoms with E-state index in [-0.39, 0.29) is 16.8 Å². The van der Waals surface area contributed by atoms with Gasteiger partial charge in [-0.1, -0.05) is 41.6 Å². The predicted octanol–water partition coefficient (Wildman–Crippen LogP) is 5.22. The molecule has 0 bridgehead atoms. The summed E-state index contributed by atoms with van der Waals surface area (Å²) in [5.41, 5.74) is 5.21. The third-order valence-electron chi connectivity index (χ3n) is 5.26. The molecule has 0 spiro atoms.